The number of nitrogens with one attached hydrogen (secondary N) is 2. The van der Waals surface area contributed by atoms with E-state index in [4.69, 9.17) is 5.73 Å². The molecule has 0 aliphatic carbocycles. The van der Waals surface area contributed by atoms with Crippen LogP contribution in [-0.4, -0.2) is 32.0 Å². The summed E-state index contributed by atoms with van der Waals surface area (Å²) in [5.41, 5.74) is 5.49. The fourth-order valence-electron chi connectivity index (χ4n) is 0.717. The molecule has 0 aliphatic rings. The van der Waals surface area contributed by atoms with E-state index in [9.17, 15) is 4.79 Å². The highest BCUT2D eigenvalue weighted by Gasteiger charge is 1.96. The van der Waals surface area contributed by atoms with Gasteiger partial charge in [-0.15, -0.1) is 0 Å². The second kappa shape index (κ2) is 7.39. The molecule has 0 aromatic heterocycles. The van der Waals surface area contributed by atoms with Crippen molar-refractivity contribution in [3.05, 3.63) is 0 Å². The Morgan fingerprint density at radius 1 is 1.54 bits per heavy atom. The highest BCUT2D eigenvalue weighted by molar-refractivity contribution is 5.79. The molecule has 0 radical (unpaired) electrons. The average molecular weight is 186 g/mol. The van der Waals surface area contributed by atoms with Gasteiger partial charge in [-0.05, 0) is 6.42 Å². The molecule has 13 heavy (non-hydrogen) atoms. The zero-order valence-corrected chi connectivity index (χ0v) is 8.26. The molecule has 5 heteroatoms. The van der Waals surface area contributed by atoms with Crippen LogP contribution in [0.5, 0.6) is 0 Å². The maximum Gasteiger partial charge on any atom is 0.221 e. The van der Waals surface area contributed by atoms with Crippen LogP contribution in [0.1, 0.15) is 19.8 Å². The molecular weight excluding hydrogens is 168 g/mol. The lowest BCUT2D eigenvalue weighted by atomic mass is 10.4. The fraction of sp³-hybridized carbons (Fsp3) is 0.750. The molecule has 0 saturated carbocycles. The summed E-state index contributed by atoms with van der Waals surface area (Å²) in [6, 6.07) is 0. The first-order valence-corrected chi connectivity index (χ1v) is 4.45. The Morgan fingerprint density at radius 2 is 2.23 bits per heavy atom. The van der Waals surface area contributed by atoms with Gasteiger partial charge in [0.15, 0.2) is 5.96 Å². The van der Waals surface area contributed by atoms with E-state index in [0.29, 0.717) is 18.9 Å². The van der Waals surface area contributed by atoms with Gasteiger partial charge >= 0.3 is 0 Å². The minimum atomic E-state index is -0.00390. The molecule has 0 aromatic rings. The number of carbonyl (C=O) groups is 1. The van der Waals surface area contributed by atoms with E-state index in [1.54, 1.807) is 7.05 Å². The highest BCUT2D eigenvalue weighted by Crippen LogP contribution is 1.78. The summed E-state index contributed by atoms with van der Waals surface area (Å²) in [6.45, 7) is 3.28. The van der Waals surface area contributed by atoms with Crippen molar-refractivity contribution in [3.63, 3.8) is 0 Å². The number of aliphatic imine (C=N–C) groups is 1. The third kappa shape index (κ3) is 7.11. The lowest BCUT2D eigenvalue weighted by molar-refractivity contribution is -0.120. The predicted molar refractivity (Wildman–Crippen MR) is 53.5 cm³/mol. The molecule has 0 atom stereocenters. The third-order valence-electron chi connectivity index (χ3n) is 1.44. The Labute approximate surface area is 78.8 Å². The standard InChI is InChI=1S/C8H18N4O/c1-3-5-11-8(9)12-6-4-7(13)10-2/h3-6H2,1-2H3,(H,10,13)(H3,9,11,12). The number of guanidine groups is 1. The van der Waals surface area contributed by atoms with Crippen molar-refractivity contribution in [2.24, 2.45) is 10.7 Å². The Hall–Kier alpha value is -1.26. The molecule has 0 bridgehead atoms. The Bertz CT molecular complexity index is 179. The molecule has 1 amide bonds. The molecule has 0 rings (SSSR count). The molecule has 4 N–H and O–H groups in total. The number of hydrogen-bond donors (Lipinski definition) is 3. The zero-order chi connectivity index (χ0) is 10.1. The van der Waals surface area contributed by atoms with Gasteiger partial charge in [0.2, 0.25) is 5.91 Å². The molecule has 0 aromatic carbocycles. The maximum absolute atomic E-state index is 10.8. The van der Waals surface area contributed by atoms with Crippen LogP contribution in [0.3, 0.4) is 0 Å². The van der Waals surface area contributed by atoms with Gasteiger partial charge in [-0.1, -0.05) is 6.92 Å². The molecule has 76 valence electrons. The molecule has 5 nitrogen and oxygen atoms in total. The number of rotatable bonds is 5. The smallest absolute Gasteiger partial charge is 0.221 e. The first-order chi connectivity index (χ1) is 6.20. The maximum atomic E-state index is 10.8. The van der Waals surface area contributed by atoms with Gasteiger partial charge in [0.25, 0.3) is 0 Å². The summed E-state index contributed by atoms with van der Waals surface area (Å²) in [6.07, 6.45) is 1.39. The summed E-state index contributed by atoms with van der Waals surface area (Å²) in [5, 5.41) is 5.37. The molecule has 0 saturated heterocycles. The molecule has 0 spiro atoms. The SMILES string of the molecule is CCCN=C(N)NCCC(=O)NC. The summed E-state index contributed by atoms with van der Waals surface area (Å²) < 4.78 is 0. The number of carbonyl (C=O) groups excluding carboxylic acids is 1. The van der Waals surface area contributed by atoms with Crippen molar-refractivity contribution in [1.29, 1.82) is 0 Å². The molecule has 0 unspecified atom stereocenters. The lowest BCUT2D eigenvalue weighted by Crippen LogP contribution is -2.34. The summed E-state index contributed by atoms with van der Waals surface area (Å²) >= 11 is 0. The van der Waals surface area contributed by atoms with Crippen LogP contribution in [0.4, 0.5) is 0 Å². The zero-order valence-electron chi connectivity index (χ0n) is 8.26. The second-order valence-electron chi connectivity index (χ2n) is 2.62. The topological polar surface area (TPSA) is 79.5 Å². The van der Waals surface area contributed by atoms with Crippen LogP contribution in [0.2, 0.25) is 0 Å². The predicted octanol–water partition coefficient (Wildman–Crippen LogP) is -0.563. The van der Waals surface area contributed by atoms with Crippen molar-refractivity contribution < 1.29 is 4.79 Å². The quantitative estimate of drug-likeness (QED) is 0.397. The van der Waals surface area contributed by atoms with Gasteiger partial charge in [-0.3, -0.25) is 9.79 Å². The van der Waals surface area contributed by atoms with Crippen molar-refractivity contribution in [2.75, 3.05) is 20.1 Å². The highest BCUT2D eigenvalue weighted by atomic mass is 16.1. The molecular formula is C8H18N4O. The van der Waals surface area contributed by atoms with E-state index < -0.39 is 0 Å². The van der Waals surface area contributed by atoms with Gasteiger partial charge in [-0.25, -0.2) is 0 Å². The van der Waals surface area contributed by atoms with Crippen LogP contribution in [0.25, 0.3) is 0 Å². The van der Waals surface area contributed by atoms with Gasteiger partial charge in [0.05, 0.1) is 0 Å². The second-order valence-corrected chi connectivity index (χ2v) is 2.62. The van der Waals surface area contributed by atoms with E-state index in [-0.39, 0.29) is 5.91 Å². The molecule has 0 aliphatic heterocycles. The normalized spacial score (nSPS) is 11.1. The molecule has 0 fully saturated rings. The minimum absolute atomic E-state index is 0.00390. The Morgan fingerprint density at radius 3 is 2.77 bits per heavy atom. The monoisotopic (exact) mass is 186 g/mol. The van der Waals surface area contributed by atoms with E-state index in [1.165, 1.54) is 0 Å². The van der Waals surface area contributed by atoms with E-state index in [0.717, 1.165) is 13.0 Å². The fourth-order valence-corrected chi connectivity index (χ4v) is 0.717. The van der Waals surface area contributed by atoms with Crippen molar-refractivity contribution in [1.82, 2.24) is 10.6 Å². The number of amides is 1. The van der Waals surface area contributed by atoms with Gasteiger partial charge in [-0.2, -0.15) is 0 Å². The van der Waals surface area contributed by atoms with E-state index in [1.807, 2.05) is 6.92 Å². The largest absolute Gasteiger partial charge is 0.370 e. The first-order valence-electron chi connectivity index (χ1n) is 4.45. The summed E-state index contributed by atoms with van der Waals surface area (Å²) in [4.78, 5) is 14.8. The van der Waals surface area contributed by atoms with Gasteiger partial charge in [0.1, 0.15) is 0 Å². The average Bonchev–Trinajstić information content (AvgIpc) is 2.14. The van der Waals surface area contributed by atoms with E-state index >= 15 is 0 Å². The Balaban J connectivity index is 3.46. The van der Waals surface area contributed by atoms with Crippen molar-refractivity contribution in [2.45, 2.75) is 19.8 Å². The van der Waals surface area contributed by atoms with Crippen LogP contribution >= 0.6 is 0 Å². The van der Waals surface area contributed by atoms with Crippen LogP contribution in [-0.2, 0) is 4.79 Å². The minimum Gasteiger partial charge on any atom is -0.370 e. The summed E-state index contributed by atoms with van der Waals surface area (Å²) in [5.74, 6) is 0.404. The first kappa shape index (κ1) is 11.7. The summed E-state index contributed by atoms with van der Waals surface area (Å²) in [7, 11) is 1.61. The third-order valence-corrected chi connectivity index (χ3v) is 1.44. The number of nitrogens with two attached hydrogens (primary N) is 1. The number of nitrogens with zero attached hydrogens (tertiary/aromatic N) is 1. The lowest BCUT2D eigenvalue weighted by Gasteiger charge is -2.03. The van der Waals surface area contributed by atoms with Gasteiger partial charge < -0.3 is 16.4 Å². The van der Waals surface area contributed by atoms with Gasteiger partial charge in [0, 0.05) is 26.6 Å². The van der Waals surface area contributed by atoms with Crippen LogP contribution in [0, 0.1) is 0 Å². The van der Waals surface area contributed by atoms with Crippen molar-refractivity contribution >= 4 is 11.9 Å². The van der Waals surface area contributed by atoms with Crippen molar-refractivity contribution in [3.8, 4) is 0 Å². The Kier molecular flexibility index (Phi) is 6.68. The van der Waals surface area contributed by atoms with E-state index in [2.05, 4.69) is 15.6 Å². The molecule has 0 heterocycles. The van der Waals surface area contributed by atoms with Crippen LogP contribution < -0.4 is 16.4 Å². The number of hydrogen-bond acceptors (Lipinski definition) is 2. The van der Waals surface area contributed by atoms with Crippen LogP contribution in [0.15, 0.2) is 4.99 Å².